The first kappa shape index (κ1) is 18.4. The standard InChI is InChI=1S/C17H23ClN4O2/c1-17(2,3)24-16(23)22(14-5-6-14)11-13-10-12(4-7-15(13)18)8-9-20-21-19/h4,7,10,14H,5-6,8-9,11H2,1-3H3. The lowest BCUT2D eigenvalue weighted by Gasteiger charge is -2.28. The van der Waals surface area contributed by atoms with Crippen molar-refractivity contribution in [2.75, 3.05) is 6.54 Å². The maximum absolute atomic E-state index is 12.5. The molecule has 0 radical (unpaired) electrons. The zero-order valence-corrected chi connectivity index (χ0v) is 15.1. The molecule has 0 spiro atoms. The summed E-state index contributed by atoms with van der Waals surface area (Å²) in [5.74, 6) is 0. The second kappa shape index (κ2) is 7.77. The minimum atomic E-state index is -0.523. The molecule has 0 aromatic heterocycles. The smallest absolute Gasteiger partial charge is 0.410 e. The van der Waals surface area contributed by atoms with Gasteiger partial charge >= 0.3 is 6.09 Å². The van der Waals surface area contributed by atoms with Crippen LogP contribution in [0, 0.1) is 0 Å². The molecule has 0 bridgehead atoms. The number of carbonyl (C=O) groups is 1. The number of ether oxygens (including phenoxy) is 1. The van der Waals surface area contributed by atoms with Crippen molar-refractivity contribution in [3.8, 4) is 0 Å². The van der Waals surface area contributed by atoms with Crippen molar-refractivity contribution >= 4 is 17.7 Å². The van der Waals surface area contributed by atoms with Gasteiger partial charge in [-0.3, -0.25) is 0 Å². The van der Waals surface area contributed by atoms with Gasteiger partial charge in [-0.2, -0.15) is 0 Å². The molecule has 1 aromatic rings. The van der Waals surface area contributed by atoms with E-state index in [2.05, 4.69) is 10.0 Å². The Hall–Kier alpha value is -1.91. The first-order valence-electron chi connectivity index (χ1n) is 8.08. The molecule has 24 heavy (non-hydrogen) atoms. The number of azide groups is 1. The van der Waals surface area contributed by atoms with Crippen molar-refractivity contribution in [1.29, 1.82) is 0 Å². The van der Waals surface area contributed by atoms with Gasteiger partial charge in [0, 0.05) is 22.5 Å². The number of amides is 1. The van der Waals surface area contributed by atoms with E-state index in [-0.39, 0.29) is 12.1 Å². The lowest BCUT2D eigenvalue weighted by atomic mass is 10.1. The normalized spacial score (nSPS) is 14.0. The Labute approximate surface area is 147 Å². The fraction of sp³-hybridized carbons (Fsp3) is 0.588. The lowest BCUT2D eigenvalue weighted by molar-refractivity contribution is 0.0217. The molecule has 1 aromatic carbocycles. The van der Waals surface area contributed by atoms with Crippen molar-refractivity contribution in [3.63, 3.8) is 0 Å². The largest absolute Gasteiger partial charge is 0.444 e. The molecule has 130 valence electrons. The van der Waals surface area contributed by atoms with Gasteiger partial charge in [0.15, 0.2) is 0 Å². The number of hydrogen-bond donors (Lipinski definition) is 0. The molecule has 2 rings (SSSR count). The molecule has 1 aliphatic rings. The molecule has 0 saturated heterocycles. The van der Waals surface area contributed by atoms with Gasteiger partial charge in [0.2, 0.25) is 0 Å². The molecule has 0 heterocycles. The SMILES string of the molecule is CC(C)(C)OC(=O)N(Cc1cc(CCN=[N+]=[N-])ccc1Cl)C1CC1. The predicted molar refractivity (Wildman–Crippen MR) is 94.0 cm³/mol. The summed E-state index contributed by atoms with van der Waals surface area (Å²) in [6.07, 6.45) is 2.32. The van der Waals surface area contributed by atoms with E-state index in [0.717, 1.165) is 24.0 Å². The fourth-order valence-electron chi connectivity index (χ4n) is 2.36. The molecule has 6 nitrogen and oxygen atoms in total. The van der Waals surface area contributed by atoms with Gasteiger partial charge < -0.3 is 9.64 Å². The summed E-state index contributed by atoms with van der Waals surface area (Å²) in [5.41, 5.74) is 9.75. The highest BCUT2D eigenvalue weighted by Gasteiger charge is 2.35. The van der Waals surface area contributed by atoms with Crippen LogP contribution >= 0.6 is 11.6 Å². The van der Waals surface area contributed by atoms with Crippen molar-refractivity contribution in [2.45, 2.75) is 58.2 Å². The first-order valence-corrected chi connectivity index (χ1v) is 8.46. The Morgan fingerprint density at radius 2 is 2.17 bits per heavy atom. The van der Waals surface area contributed by atoms with Gasteiger partial charge in [-0.1, -0.05) is 28.8 Å². The highest BCUT2D eigenvalue weighted by Crippen LogP contribution is 2.31. The van der Waals surface area contributed by atoms with Crippen molar-refractivity contribution in [2.24, 2.45) is 5.11 Å². The zero-order chi connectivity index (χ0) is 17.7. The molecular formula is C17H23ClN4O2. The average molecular weight is 351 g/mol. The van der Waals surface area contributed by atoms with Gasteiger partial charge in [0.25, 0.3) is 0 Å². The van der Waals surface area contributed by atoms with Gasteiger partial charge in [-0.05, 0) is 62.8 Å². The minimum absolute atomic E-state index is 0.225. The number of carbonyl (C=O) groups excluding carboxylic acids is 1. The molecule has 1 amide bonds. The maximum Gasteiger partial charge on any atom is 0.410 e. The summed E-state index contributed by atoms with van der Waals surface area (Å²) in [7, 11) is 0. The van der Waals surface area contributed by atoms with Crippen LogP contribution in [0.3, 0.4) is 0 Å². The van der Waals surface area contributed by atoms with Gasteiger partial charge in [-0.15, -0.1) is 0 Å². The van der Waals surface area contributed by atoms with Crippen LogP contribution in [0.2, 0.25) is 5.02 Å². The van der Waals surface area contributed by atoms with Crippen LogP contribution in [0.15, 0.2) is 23.3 Å². The quantitative estimate of drug-likeness (QED) is 0.406. The van der Waals surface area contributed by atoms with Crippen molar-refractivity contribution in [3.05, 3.63) is 44.8 Å². The van der Waals surface area contributed by atoms with E-state index in [1.807, 2.05) is 39.0 Å². The maximum atomic E-state index is 12.5. The average Bonchev–Trinajstić information content (AvgIpc) is 3.30. The van der Waals surface area contributed by atoms with Crippen LogP contribution in [0.4, 0.5) is 4.79 Å². The summed E-state index contributed by atoms with van der Waals surface area (Å²) in [6, 6.07) is 5.92. The highest BCUT2D eigenvalue weighted by atomic mass is 35.5. The first-order chi connectivity index (χ1) is 11.3. The highest BCUT2D eigenvalue weighted by molar-refractivity contribution is 6.31. The summed E-state index contributed by atoms with van der Waals surface area (Å²) in [5, 5.41) is 4.17. The zero-order valence-electron chi connectivity index (χ0n) is 14.3. The van der Waals surface area contributed by atoms with Crippen LogP contribution in [0.5, 0.6) is 0 Å². The summed E-state index contributed by atoms with van der Waals surface area (Å²) >= 11 is 6.30. The Morgan fingerprint density at radius 1 is 1.46 bits per heavy atom. The van der Waals surface area contributed by atoms with Crippen LogP contribution < -0.4 is 0 Å². The minimum Gasteiger partial charge on any atom is -0.444 e. The van der Waals surface area contributed by atoms with Gasteiger partial charge in [0.05, 0.1) is 6.54 Å². The topological polar surface area (TPSA) is 78.3 Å². The van der Waals surface area contributed by atoms with Crippen LogP contribution in [0.1, 0.15) is 44.7 Å². The predicted octanol–water partition coefficient (Wildman–Crippen LogP) is 5.09. The van der Waals surface area contributed by atoms with E-state index < -0.39 is 5.60 Å². The van der Waals surface area contributed by atoms with Gasteiger partial charge in [-0.25, -0.2) is 4.79 Å². The lowest BCUT2D eigenvalue weighted by Crippen LogP contribution is -2.37. The van der Waals surface area contributed by atoms with E-state index in [1.165, 1.54) is 0 Å². The molecule has 0 aliphatic heterocycles. The second-order valence-corrected chi connectivity index (χ2v) is 7.38. The number of hydrogen-bond acceptors (Lipinski definition) is 3. The summed E-state index contributed by atoms with van der Waals surface area (Å²) < 4.78 is 5.51. The molecule has 7 heteroatoms. The third-order valence-corrected chi connectivity index (χ3v) is 4.00. The van der Waals surface area contributed by atoms with Gasteiger partial charge in [0.1, 0.15) is 5.60 Å². The van der Waals surface area contributed by atoms with Crippen LogP contribution in [-0.2, 0) is 17.7 Å². The Bertz CT molecular complexity index is 646. The summed E-state index contributed by atoms with van der Waals surface area (Å²) in [6.45, 7) is 6.40. The monoisotopic (exact) mass is 350 g/mol. The number of halogens is 1. The van der Waals surface area contributed by atoms with E-state index in [4.69, 9.17) is 21.9 Å². The number of benzene rings is 1. The number of nitrogens with zero attached hydrogens (tertiary/aromatic N) is 4. The third-order valence-electron chi connectivity index (χ3n) is 3.63. The molecule has 0 N–H and O–H groups in total. The Kier molecular flexibility index (Phi) is 5.97. The molecule has 1 fully saturated rings. The van der Waals surface area contributed by atoms with Crippen LogP contribution in [-0.4, -0.2) is 29.2 Å². The van der Waals surface area contributed by atoms with Crippen LogP contribution in [0.25, 0.3) is 10.4 Å². The Morgan fingerprint density at radius 3 is 2.75 bits per heavy atom. The van der Waals surface area contributed by atoms with E-state index >= 15 is 0 Å². The second-order valence-electron chi connectivity index (χ2n) is 6.97. The Balaban J connectivity index is 2.12. The third kappa shape index (κ3) is 5.62. The van der Waals surface area contributed by atoms with E-state index in [9.17, 15) is 4.79 Å². The molecule has 1 aliphatic carbocycles. The summed E-state index contributed by atoms with van der Waals surface area (Å²) in [4.78, 5) is 17.0. The fourth-order valence-corrected chi connectivity index (χ4v) is 2.54. The number of rotatable bonds is 6. The van der Waals surface area contributed by atoms with E-state index in [1.54, 1.807) is 4.90 Å². The molecule has 0 atom stereocenters. The van der Waals surface area contributed by atoms with E-state index in [0.29, 0.717) is 24.5 Å². The van der Waals surface area contributed by atoms with Crippen molar-refractivity contribution in [1.82, 2.24) is 4.90 Å². The van der Waals surface area contributed by atoms with Crippen molar-refractivity contribution < 1.29 is 9.53 Å². The molecule has 0 unspecified atom stereocenters. The molecular weight excluding hydrogens is 328 g/mol. The molecule has 1 saturated carbocycles.